The van der Waals surface area contributed by atoms with Crippen LogP contribution in [0.5, 0.6) is 0 Å². The van der Waals surface area contributed by atoms with Gasteiger partial charge in [-0.05, 0) is 5.92 Å². The molecule has 0 saturated heterocycles. The Morgan fingerprint density at radius 2 is 2.17 bits per heavy atom. The zero-order chi connectivity index (χ0) is 13.5. The number of carboxylic acid groups (broad SMARTS) is 1. The maximum absolute atomic E-state index is 11.5. The van der Waals surface area contributed by atoms with E-state index in [1.165, 1.54) is 0 Å². The first-order valence-electron chi connectivity index (χ1n) is 5.62. The first-order chi connectivity index (χ1) is 8.50. The average molecular weight is 255 g/mol. The molecule has 2 amide bonds. The fraction of sp³-hybridized carbons (Fsp3) is 0.600. The third-order valence-corrected chi connectivity index (χ3v) is 2.32. The highest BCUT2D eigenvalue weighted by molar-refractivity contribution is 5.82. The molecule has 0 saturated carbocycles. The van der Waals surface area contributed by atoms with Gasteiger partial charge in [0.1, 0.15) is 6.04 Å². The number of urea groups is 1. The van der Waals surface area contributed by atoms with Gasteiger partial charge in [-0.3, -0.25) is 4.68 Å². The first kappa shape index (κ1) is 13.9. The second kappa shape index (κ2) is 6.58. The maximum atomic E-state index is 11.5. The quantitative estimate of drug-likeness (QED) is 0.645. The van der Waals surface area contributed by atoms with Crippen LogP contribution < -0.4 is 10.6 Å². The van der Waals surface area contributed by atoms with Crippen molar-refractivity contribution in [2.24, 2.45) is 5.92 Å². The van der Waals surface area contributed by atoms with E-state index in [-0.39, 0.29) is 5.92 Å². The van der Waals surface area contributed by atoms with Crippen LogP contribution in [0.2, 0.25) is 0 Å². The largest absolute Gasteiger partial charge is 0.480 e. The number of rotatable bonds is 6. The van der Waals surface area contributed by atoms with Crippen LogP contribution in [0.4, 0.5) is 4.79 Å². The molecule has 1 rings (SSSR count). The van der Waals surface area contributed by atoms with Crippen LogP contribution in [0.3, 0.4) is 0 Å². The van der Waals surface area contributed by atoms with Crippen molar-refractivity contribution < 1.29 is 14.7 Å². The molecule has 100 valence electrons. The lowest BCUT2D eigenvalue weighted by Crippen LogP contribution is -2.49. The van der Waals surface area contributed by atoms with E-state index in [1.54, 1.807) is 30.9 Å². The normalized spacial score (nSPS) is 12.2. The van der Waals surface area contributed by atoms with E-state index in [9.17, 15) is 9.59 Å². The fourth-order valence-corrected chi connectivity index (χ4v) is 1.34. The predicted molar refractivity (Wildman–Crippen MR) is 62.8 cm³/mol. The number of carboxylic acids is 1. The van der Waals surface area contributed by atoms with Gasteiger partial charge in [-0.1, -0.05) is 19.1 Å². The summed E-state index contributed by atoms with van der Waals surface area (Å²) in [5.74, 6) is -1.22. The van der Waals surface area contributed by atoms with Crippen molar-refractivity contribution in [3.8, 4) is 0 Å². The molecule has 0 aliphatic heterocycles. The van der Waals surface area contributed by atoms with Crippen LogP contribution in [0.1, 0.15) is 13.8 Å². The Bertz CT molecular complexity index is 390. The van der Waals surface area contributed by atoms with Crippen LogP contribution in [0.25, 0.3) is 0 Å². The Kier molecular flexibility index (Phi) is 5.09. The number of nitrogens with zero attached hydrogens (tertiary/aromatic N) is 3. The minimum absolute atomic E-state index is 0.177. The van der Waals surface area contributed by atoms with Crippen LogP contribution in [0, 0.1) is 5.92 Å². The average Bonchev–Trinajstić information content (AvgIpc) is 2.78. The molecule has 0 bridgehead atoms. The van der Waals surface area contributed by atoms with E-state index < -0.39 is 18.0 Å². The number of hydrogen-bond acceptors (Lipinski definition) is 4. The van der Waals surface area contributed by atoms with Gasteiger partial charge in [-0.25, -0.2) is 9.59 Å². The Labute approximate surface area is 104 Å². The van der Waals surface area contributed by atoms with Gasteiger partial charge in [-0.15, -0.1) is 5.10 Å². The topological polar surface area (TPSA) is 109 Å². The lowest BCUT2D eigenvalue weighted by molar-refractivity contribution is -0.140. The number of carbonyl (C=O) groups is 2. The molecule has 0 aliphatic rings. The molecule has 1 aromatic heterocycles. The van der Waals surface area contributed by atoms with Crippen molar-refractivity contribution in [1.82, 2.24) is 25.6 Å². The molecular weight excluding hydrogens is 238 g/mol. The molecule has 18 heavy (non-hydrogen) atoms. The van der Waals surface area contributed by atoms with E-state index in [4.69, 9.17) is 5.11 Å². The summed E-state index contributed by atoms with van der Waals surface area (Å²) in [7, 11) is 0. The van der Waals surface area contributed by atoms with E-state index >= 15 is 0 Å². The number of hydrogen-bond donors (Lipinski definition) is 3. The van der Waals surface area contributed by atoms with Gasteiger partial charge in [0.15, 0.2) is 0 Å². The summed E-state index contributed by atoms with van der Waals surface area (Å²) in [4.78, 5) is 22.3. The zero-order valence-corrected chi connectivity index (χ0v) is 10.3. The smallest absolute Gasteiger partial charge is 0.326 e. The number of aromatic nitrogens is 3. The summed E-state index contributed by atoms with van der Waals surface area (Å²) < 4.78 is 1.57. The molecule has 8 heteroatoms. The minimum atomic E-state index is -1.04. The van der Waals surface area contributed by atoms with Gasteiger partial charge in [0.2, 0.25) is 0 Å². The third kappa shape index (κ3) is 4.40. The summed E-state index contributed by atoms with van der Waals surface area (Å²) in [6, 6.07) is -1.40. The van der Waals surface area contributed by atoms with E-state index in [0.717, 1.165) is 0 Å². The molecule has 0 radical (unpaired) electrons. The lowest BCUT2D eigenvalue weighted by atomic mass is 10.1. The molecule has 8 nitrogen and oxygen atoms in total. The summed E-state index contributed by atoms with van der Waals surface area (Å²) in [6.07, 6.45) is 3.22. The summed E-state index contributed by atoms with van der Waals surface area (Å²) in [5, 5.41) is 21.2. The second-order valence-electron chi connectivity index (χ2n) is 4.13. The summed E-state index contributed by atoms with van der Waals surface area (Å²) in [5.41, 5.74) is 0. The van der Waals surface area contributed by atoms with E-state index in [0.29, 0.717) is 13.1 Å². The Morgan fingerprint density at radius 3 is 2.67 bits per heavy atom. The maximum Gasteiger partial charge on any atom is 0.326 e. The van der Waals surface area contributed by atoms with Crippen LogP contribution >= 0.6 is 0 Å². The standard InChI is InChI=1S/C10H17N5O3/c1-7(2)8(9(16)17)13-10(18)11-3-5-15-6-4-12-14-15/h4,6-8H,3,5H2,1-2H3,(H,16,17)(H2,11,13,18)/t8-/m0/s1. The van der Waals surface area contributed by atoms with Crippen molar-refractivity contribution in [3.05, 3.63) is 12.4 Å². The molecule has 0 fully saturated rings. The van der Waals surface area contributed by atoms with Crippen LogP contribution in [0.15, 0.2) is 12.4 Å². The zero-order valence-electron chi connectivity index (χ0n) is 10.3. The van der Waals surface area contributed by atoms with Crippen molar-refractivity contribution in [2.75, 3.05) is 6.54 Å². The number of carbonyl (C=O) groups excluding carboxylic acids is 1. The monoisotopic (exact) mass is 255 g/mol. The second-order valence-corrected chi connectivity index (χ2v) is 4.13. The van der Waals surface area contributed by atoms with E-state index in [1.807, 2.05) is 0 Å². The SMILES string of the molecule is CC(C)[C@H](NC(=O)NCCn1ccnn1)C(=O)O. The van der Waals surface area contributed by atoms with Crippen molar-refractivity contribution in [2.45, 2.75) is 26.4 Å². The highest BCUT2D eigenvalue weighted by atomic mass is 16.4. The molecular formula is C10H17N5O3. The Morgan fingerprint density at radius 1 is 1.44 bits per heavy atom. The van der Waals surface area contributed by atoms with Gasteiger partial charge < -0.3 is 15.7 Å². The van der Waals surface area contributed by atoms with Crippen LogP contribution in [-0.2, 0) is 11.3 Å². The van der Waals surface area contributed by atoms with Crippen molar-refractivity contribution >= 4 is 12.0 Å². The van der Waals surface area contributed by atoms with Gasteiger partial charge in [-0.2, -0.15) is 0 Å². The lowest BCUT2D eigenvalue weighted by Gasteiger charge is -2.18. The Balaban J connectivity index is 2.30. The Hall–Kier alpha value is -2.12. The summed E-state index contributed by atoms with van der Waals surface area (Å²) >= 11 is 0. The van der Waals surface area contributed by atoms with Gasteiger partial charge in [0, 0.05) is 12.7 Å². The molecule has 3 N–H and O–H groups in total. The molecule has 1 aromatic rings. The molecule has 0 unspecified atom stereocenters. The molecule has 1 heterocycles. The minimum Gasteiger partial charge on any atom is -0.480 e. The molecule has 0 spiro atoms. The first-order valence-corrected chi connectivity index (χ1v) is 5.62. The molecule has 0 aliphatic carbocycles. The van der Waals surface area contributed by atoms with E-state index in [2.05, 4.69) is 20.9 Å². The third-order valence-electron chi connectivity index (χ3n) is 2.32. The number of nitrogens with one attached hydrogen (secondary N) is 2. The van der Waals surface area contributed by atoms with Crippen molar-refractivity contribution in [1.29, 1.82) is 0 Å². The highest BCUT2D eigenvalue weighted by Gasteiger charge is 2.22. The van der Waals surface area contributed by atoms with Crippen LogP contribution in [-0.4, -0.2) is 44.7 Å². The summed E-state index contributed by atoms with van der Waals surface area (Å²) in [6.45, 7) is 4.29. The number of amides is 2. The van der Waals surface area contributed by atoms with Gasteiger partial charge in [0.05, 0.1) is 12.7 Å². The van der Waals surface area contributed by atoms with Gasteiger partial charge >= 0.3 is 12.0 Å². The molecule has 0 aromatic carbocycles. The van der Waals surface area contributed by atoms with Gasteiger partial charge in [0.25, 0.3) is 0 Å². The molecule has 1 atom stereocenters. The predicted octanol–water partition coefficient (Wildman–Crippen LogP) is -0.313. The van der Waals surface area contributed by atoms with Crippen molar-refractivity contribution in [3.63, 3.8) is 0 Å². The highest BCUT2D eigenvalue weighted by Crippen LogP contribution is 2.00. The fourth-order valence-electron chi connectivity index (χ4n) is 1.34. The number of aliphatic carboxylic acids is 1.